The van der Waals surface area contributed by atoms with E-state index in [2.05, 4.69) is 10.4 Å². The van der Waals surface area contributed by atoms with E-state index in [0.717, 1.165) is 26.6 Å². The van der Waals surface area contributed by atoms with Crippen molar-refractivity contribution in [2.24, 2.45) is 0 Å². The van der Waals surface area contributed by atoms with Crippen LogP contribution >= 0.6 is 0 Å². The lowest BCUT2D eigenvalue weighted by atomic mass is 10.1. The molecule has 0 spiro atoms. The minimum absolute atomic E-state index is 0.276. The SMILES string of the molecule is COC(=O)[C@@H](Cc1ccccc1)NC(=O)Cn1nc(-c2ccc3ccccc3c2)ccc1=O. The minimum atomic E-state index is -0.871. The molecule has 4 aromatic rings. The molecule has 4 rings (SSSR count). The van der Waals surface area contributed by atoms with Crippen molar-refractivity contribution in [2.75, 3.05) is 7.11 Å². The number of rotatable bonds is 7. The lowest BCUT2D eigenvalue weighted by Gasteiger charge is -2.17. The number of nitrogens with one attached hydrogen (secondary N) is 1. The highest BCUT2D eigenvalue weighted by Gasteiger charge is 2.22. The number of ether oxygens (including phenoxy) is 1. The number of hydrogen-bond acceptors (Lipinski definition) is 5. The fraction of sp³-hybridized carbons (Fsp3) is 0.154. The first-order chi connectivity index (χ1) is 16.0. The summed E-state index contributed by atoms with van der Waals surface area (Å²) in [4.78, 5) is 37.2. The first-order valence-electron chi connectivity index (χ1n) is 10.5. The van der Waals surface area contributed by atoms with Crippen molar-refractivity contribution in [2.45, 2.75) is 19.0 Å². The molecular formula is C26H23N3O4. The van der Waals surface area contributed by atoms with Crippen molar-refractivity contribution >= 4 is 22.6 Å². The van der Waals surface area contributed by atoms with Crippen molar-refractivity contribution in [3.63, 3.8) is 0 Å². The van der Waals surface area contributed by atoms with Crippen LogP contribution in [0.15, 0.2) is 89.7 Å². The summed E-state index contributed by atoms with van der Waals surface area (Å²) in [5.74, 6) is -1.07. The van der Waals surface area contributed by atoms with Crippen LogP contribution in [0.4, 0.5) is 0 Å². The lowest BCUT2D eigenvalue weighted by molar-refractivity contribution is -0.145. The van der Waals surface area contributed by atoms with Gasteiger partial charge in [-0.05, 0) is 28.5 Å². The van der Waals surface area contributed by atoms with Crippen molar-refractivity contribution in [1.82, 2.24) is 15.1 Å². The molecule has 1 heterocycles. The Morgan fingerprint density at radius 2 is 1.67 bits per heavy atom. The molecule has 166 valence electrons. The van der Waals surface area contributed by atoms with Crippen molar-refractivity contribution in [1.29, 1.82) is 0 Å². The van der Waals surface area contributed by atoms with E-state index < -0.39 is 23.5 Å². The summed E-state index contributed by atoms with van der Waals surface area (Å²) in [5.41, 5.74) is 1.87. The van der Waals surface area contributed by atoms with Crippen LogP contribution in [-0.2, 0) is 27.3 Å². The third-order valence-electron chi connectivity index (χ3n) is 5.31. The molecule has 0 aliphatic heterocycles. The van der Waals surface area contributed by atoms with Crippen LogP contribution in [-0.4, -0.2) is 34.8 Å². The number of aromatic nitrogens is 2. The number of methoxy groups -OCH3 is 1. The van der Waals surface area contributed by atoms with E-state index in [1.807, 2.05) is 72.8 Å². The zero-order chi connectivity index (χ0) is 23.2. The Morgan fingerprint density at radius 1 is 0.939 bits per heavy atom. The van der Waals surface area contributed by atoms with Gasteiger partial charge in [0.05, 0.1) is 12.8 Å². The van der Waals surface area contributed by atoms with E-state index >= 15 is 0 Å². The highest BCUT2D eigenvalue weighted by Crippen LogP contribution is 2.22. The van der Waals surface area contributed by atoms with Gasteiger partial charge >= 0.3 is 5.97 Å². The third-order valence-corrected chi connectivity index (χ3v) is 5.31. The second-order valence-electron chi connectivity index (χ2n) is 7.61. The molecule has 0 bridgehead atoms. The number of nitrogens with zero attached hydrogens (tertiary/aromatic N) is 2. The predicted molar refractivity (Wildman–Crippen MR) is 126 cm³/mol. The molecule has 7 heteroatoms. The second-order valence-corrected chi connectivity index (χ2v) is 7.61. The molecule has 0 radical (unpaired) electrons. The van der Waals surface area contributed by atoms with Crippen LogP contribution in [0.2, 0.25) is 0 Å². The molecule has 1 atom stereocenters. The molecular weight excluding hydrogens is 418 g/mol. The summed E-state index contributed by atoms with van der Waals surface area (Å²) in [7, 11) is 1.27. The summed E-state index contributed by atoms with van der Waals surface area (Å²) < 4.78 is 5.93. The summed E-state index contributed by atoms with van der Waals surface area (Å²) in [6.45, 7) is -0.317. The Morgan fingerprint density at radius 3 is 2.42 bits per heavy atom. The Hall–Kier alpha value is -4.26. The van der Waals surface area contributed by atoms with E-state index in [1.165, 1.54) is 13.2 Å². The molecule has 1 N–H and O–H groups in total. The second kappa shape index (κ2) is 9.91. The van der Waals surface area contributed by atoms with Gasteiger partial charge in [-0.15, -0.1) is 0 Å². The first kappa shape index (κ1) is 22.0. The van der Waals surface area contributed by atoms with E-state index in [4.69, 9.17) is 4.74 Å². The molecule has 3 aromatic carbocycles. The fourth-order valence-electron chi connectivity index (χ4n) is 3.63. The van der Waals surface area contributed by atoms with E-state index in [1.54, 1.807) is 6.07 Å². The summed E-state index contributed by atoms with van der Waals surface area (Å²) in [6.07, 6.45) is 0.276. The number of amides is 1. The molecule has 0 unspecified atom stereocenters. The van der Waals surface area contributed by atoms with Crippen LogP contribution in [0.1, 0.15) is 5.56 Å². The van der Waals surface area contributed by atoms with Gasteiger partial charge in [0.15, 0.2) is 0 Å². The topological polar surface area (TPSA) is 90.3 Å². The van der Waals surface area contributed by atoms with Crippen LogP contribution in [0.3, 0.4) is 0 Å². The zero-order valence-electron chi connectivity index (χ0n) is 18.1. The van der Waals surface area contributed by atoms with Gasteiger partial charge < -0.3 is 10.1 Å². The smallest absolute Gasteiger partial charge is 0.328 e. The maximum Gasteiger partial charge on any atom is 0.328 e. The number of fused-ring (bicyclic) bond motifs is 1. The van der Waals surface area contributed by atoms with Crippen LogP contribution in [0.5, 0.6) is 0 Å². The molecule has 1 amide bonds. The highest BCUT2D eigenvalue weighted by atomic mass is 16.5. The Bertz CT molecular complexity index is 1350. The highest BCUT2D eigenvalue weighted by molar-refractivity contribution is 5.87. The number of benzene rings is 3. The zero-order valence-corrected chi connectivity index (χ0v) is 18.1. The van der Waals surface area contributed by atoms with E-state index in [-0.39, 0.29) is 13.0 Å². The number of carbonyl (C=O) groups is 2. The third kappa shape index (κ3) is 5.33. The van der Waals surface area contributed by atoms with Gasteiger partial charge in [-0.2, -0.15) is 5.10 Å². The monoisotopic (exact) mass is 441 g/mol. The number of hydrogen-bond donors (Lipinski definition) is 1. The normalized spacial score (nSPS) is 11.7. The Balaban J connectivity index is 1.53. The van der Waals surface area contributed by atoms with Crippen LogP contribution in [0, 0.1) is 0 Å². The summed E-state index contributed by atoms with van der Waals surface area (Å²) >= 11 is 0. The largest absolute Gasteiger partial charge is 0.467 e. The summed E-state index contributed by atoms with van der Waals surface area (Å²) in [6, 6.07) is 25.3. The van der Waals surface area contributed by atoms with Crippen molar-refractivity contribution in [3.05, 3.63) is 101 Å². The van der Waals surface area contributed by atoms with Gasteiger partial charge in [0.1, 0.15) is 12.6 Å². The van der Waals surface area contributed by atoms with Crippen LogP contribution in [0.25, 0.3) is 22.0 Å². The van der Waals surface area contributed by atoms with Crippen molar-refractivity contribution in [3.8, 4) is 11.3 Å². The number of esters is 1. The van der Waals surface area contributed by atoms with Crippen molar-refractivity contribution < 1.29 is 14.3 Å². The predicted octanol–water partition coefficient (Wildman–Crippen LogP) is 2.96. The molecule has 0 saturated carbocycles. The standard InChI is InChI=1S/C26H23N3O4/c1-33-26(32)23(15-18-7-3-2-4-8-18)27-24(30)17-29-25(31)14-13-22(28-29)21-12-11-19-9-5-6-10-20(19)16-21/h2-14,16,23H,15,17H2,1H3,(H,27,30)/t23-/m1/s1. The molecule has 0 aliphatic carbocycles. The molecule has 0 fully saturated rings. The maximum absolute atomic E-state index is 12.7. The van der Waals surface area contributed by atoms with Gasteiger partial charge in [0, 0.05) is 18.1 Å². The Kier molecular flexibility index (Phi) is 6.59. The van der Waals surface area contributed by atoms with Crippen LogP contribution < -0.4 is 10.9 Å². The van der Waals surface area contributed by atoms with Gasteiger partial charge in [-0.3, -0.25) is 9.59 Å². The van der Waals surface area contributed by atoms with Gasteiger partial charge in [0.25, 0.3) is 5.56 Å². The van der Waals surface area contributed by atoms with E-state index in [0.29, 0.717) is 5.69 Å². The molecule has 0 saturated heterocycles. The molecule has 7 nitrogen and oxygen atoms in total. The summed E-state index contributed by atoms with van der Waals surface area (Å²) in [5, 5.41) is 9.18. The van der Waals surface area contributed by atoms with Gasteiger partial charge in [-0.25, -0.2) is 9.48 Å². The molecule has 33 heavy (non-hydrogen) atoms. The quantitative estimate of drug-likeness (QED) is 0.446. The molecule has 0 aliphatic rings. The van der Waals surface area contributed by atoms with Gasteiger partial charge in [0.2, 0.25) is 5.91 Å². The lowest BCUT2D eigenvalue weighted by Crippen LogP contribution is -2.45. The number of carbonyl (C=O) groups excluding carboxylic acids is 2. The average Bonchev–Trinajstić information content (AvgIpc) is 2.84. The van der Waals surface area contributed by atoms with Gasteiger partial charge in [-0.1, -0.05) is 66.7 Å². The Labute approximate surface area is 190 Å². The minimum Gasteiger partial charge on any atom is -0.467 e. The first-order valence-corrected chi connectivity index (χ1v) is 10.5. The average molecular weight is 441 g/mol. The maximum atomic E-state index is 12.7. The van der Waals surface area contributed by atoms with E-state index in [9.17, 15) is 14.4 Å². The molecule has 1 aromatic heterocycles. The fourth-order valence-corrected chi connectivity index (χ4v) is 3.63.